The van der Waals surface area contributed by atoms with E-state index >= 15 is 0 Å². The Morgan fingerprint density at radius 2 is 0.860 bits per heavy atom. The molecule has 0 aliphatic heterocycles. The van der Waals surface area contributed by atoms with E-state index in [4.69, 9.17) is 30.0 Å². The van der Waals surface area contributed by atoms with Crippen LogP contribution in [0.3, 0.4) is 0 Å². The molecule has 0 radical (unpaired) electrons. The van der Waals surface area contributed by atoms with Gasteiger partial charge >= 0.3 is 8.25 Å². The minimum atomic E-state index is -2.57. The van der Waals surface area contributed by atoms with Crippen LogP contribution < -0.4 is 20.9 Å². The maximum atomic E-state index is 12.6. The van der Waals surface area contributed by atoms with Gasteiger partial charge in [-0.2, -0.15) is 0 Å². The Labute approximate surface area is 297 Å². The highest BCUT2D eigenvalue weighted by Gasteiger charge is 2.35. The van der Waals surface area contributed by atoms with Gasteiger partial charge in [-0.15, -0.1) is 9.05 Å². The molecule has 50 heavy (non-hydrogen) atoms. The highest BCUT2D eigenvalue weighted by atomic mass is 31.1. The van der Waals surface area contributed by atoms with E-state index in [9.17, 15) is 14.8 Å². The number of aliphatic hydroxyl groups excluding tert-OH is 2. The lowest BCUT2D eigenvalue weighted by Crippen LogP contribution is -2.49. The third-order valence-corrected chi connectivity index (χ3v) is 9.45. The van der Waals surface area contributed by atoms with Crippen molar-refractivity contribution in [3.05, 3.63) is 130 Å². The molecule has 0 aromatic heterocycles. The number of aryl methyl sites for hydroxylation is 4. The van der Waals surface area contributed by atoms with Crippen molar-refractivity contribution < 1.29 is 33.3 Å². The zero-order valence-corrected chi connectivity index (χ0v) is 30.2. The molecule has 4 rings (SSSR count). The van der Waals surface area contributed by atoms with Crippen molar-refractivity contribution in [1.29, 1.82) is 0 Å². The van der Waals surface area contributed by atoms with Crippen LogP contribution in [0.1, 0.15) is 46.2 Å². The van der Waals surface area contributed by atoms with Gasteiger partial charge in [-0.3, -0.25) is 0 Å². The van der Waals surface area contributed by atoms with Crippen molar-refractivity contribution in [2.24, 2.45) is 11.5 Å². The molecule has 0 spiro atoms. The topological polar surface area (TPSA) is 146 Å². The Morgan fingerprint density at radius 3 is 1.20 bits per heavy atom. The van der Waals surface area contributed by atoms with Crippen LogP contribution in [-0.4, -0.2) is 60.9 Å². The molecule has 0 amide bonds. The van der Waals surface area contributed by atoms with E-state index in [1.54, 1.807) is 0 Å². The lowest BCUT2D eigenvalue weighted by atomic mass is 9.94. The van der Waals surface area contributed by atoms with Gasteiger partial charge in [-0.1, -0.05) is 83.9 Å². The van der Waals surface area contributed by atoms with Crippen LogP contribution in [0.5, 0.6) is 11.5 Å². The second-order valence-corrected chi connectivity index (χ2v) is 14.2. The summed E-state index contributed by atoms with van der Waals surface area (Å²) in [4.78, 5) is 0. The van der Waals surface area contributed by atoms with Gasteiger partial charge in [0.15, 0.2) is 0 Å². The minimum Gasteiger partial charge on any atom is -0.493 e. The number of aliphatic hydroxyl groups is 2. The number of hydrogen-bond donors (Lipinski definition) is 4. The van der Waals surface area contributed by atoms with Crippen LogP contribution in [0.25, 0.3) is 0 Å². The number of benzene rings is 4. The first-order chi connectivity index (χ1) is 24.1. The third-order valence-electron chi connectivity index (χ3n) is 8.77. The van der Waals surface area contributed by atoms with Crippen molar-refractivity contribution in [2.75, 3.05) is 39.6 Å². The van der Waals surface area contributed by atoms with Crippen molar-refractivity contribution >= 4 is 8.25 Å². The maximum absolute atomic E-state index is 12.6. The molecule has 10 heteroatoms. The van der Waals surface area contributed by atoms with Gasteiger partial charge in [-0.25, -0.2) is 0 Å². The highest BCUT2D eigenvalue weighted by molar-refractivity contribution is 7.33. The standard InChI is InChI=1S/C40H52N2O7P/c1-31-3-7-35(8-4-31)21-25-46-37-15-11-33(12-16-37)19-23-39(41,27-43)29-48-50(45)49-30-40(42,28-44)24-20-34-13-17-38(18-14-34)47-26-22-36-9-5-32(2)6-10-36/h3-18,43-44H,19-30,41-42H2,1-2H3/q+1/t39-,40-/m1/s1. The largest absolute Gasteiger partial charge is 0.697 e. The Balaban J connectivity index is 1.13. The fraction of sp³-hybridized carbons (Fsp3) is 0.400. The number of ether oxygens (including phenoxy) is 2. The van der Waals surface area contributed by atoms with Crippen molar-refractivity contribution in [3.8, 4) is 11.5 Å². The van der Waals surface area contributed by atoms with Gasteiger partial charge in [0, 0.05) is 17.4 Å². The first-order valence-corrected chi connectivity index (χ1v) is 18.2. The Morgan fingerprint density at radius 1 is 0.540 bits per heavy atom. The molecule has 9 nitrogen and oxygen atoms in total. The van der Waals surface area contributed by atoms with Gasteiger partial charge in [0.05, 0.1) is 37.5 Å². The average Bonchev–Trinajstić information content (AvgIpc) is 3.14. The van der Waals surface area contributed by atoms with Gasteiger partial charge in [0.2, 0.25) is 0 Å². The molecule has 4 aromatic carbocycles. The fourth-order valence-electron chi connectivity index (χ4n) is 5.17. The third kappa shape index (κ3) is 13.6. The number of nitrogens with two attached hydrogens (primary N) is 2. The van der Waals surface area contributed by atoms with Crippen LogP contribution in [0.4, 0.5) is 0 Å². The molecular formula is C40H52N2O7P+. The minimum absolute atomic E-state index is 0.172. The molecule has 2 atom stereocenters. The zero-order valence-electron chi connectivity index (χ0n) is 29.3. The summed E-state index contributed by atoms with van der Waals surface area (Å²) in [7, 11) is -2.57. The molecule has 0 bridgehead atoms. The summed E-state index contributed by atoms with van der Waals surface area (Å²) in [6, 6.07) is 32.4. The Kier molecular flexibility index (Phi) is 15.4. The average molecular weight is 704 g/mol. The second kappa shape index (κ2) is 19.7. The van der Waals surface area contributed by atoms with E-state index in [1.165, 1.54) is 22.3 Å². The van der Waals surface area contributed by atoms with Crippen molar-refractivity contribution in [3.63, 3.8) is 0 Å². The van der Waals surface area contributed by atoms with E-state index in [0.717, 1.165) is 35.5 Å². The molecule has 0 aliphatic rings. The SMILES string of the molecule is Cc1ccc(CCOc2ccc(CC[C@@](N)(CO)CO[P+](=O)OC[C@](N)(CO)CCc3ccc(OCCc4ccc(C)cc4)cc3)cc2)cc1. The molecule has 0 unspecified atom stereocenters. The van der Waals surface area contributed by atoms with E-state index < -0.39 is 19.3 Å². The smallest absolute Gasteiger partial charge is 0.493 e. The van der Waals surface area contributed by atoms with Gasteiger partial charge in [-0.05, 0) is 86.1 Å². The van der Waals surface area contributed by atoms with E-state index in [0.29, 0.717) is 38.9 Å². The lowest BCUT2D eigenvalue weighted by Gasteiger charge is -2.25. The van der Waals surface area contributed by atoms with Crippen LogP contribution >= 0.6 is 8.25 Å². The molecule has 0 fully saturated rings. The summed E-state index contributed by atoms with van der Waals surface area (Å²) in [5.41, 5.74) is 17.5. The summed E-state index contributed by atoms with van der Waals surface area (Å²) < 4.78 is 35.2. The van der Waals surface area contributed by atoms with Crippen molar-refractivity contribution in [2.45, 2.75) is 63.5 Å². The number of rotatable bonds is 22. The van der Waals surface area contributed by atoms with Crippen LogP contribution in [0, 0.1) is 13.8 Å². The van der Waals surface area contributed by atoms with E-state index in [1.807, 2.05) is 48.5 Å². The van der Waals surface area contributed by atoms with Crippen LogP contribution in [0.2, 0.25) is 0 Å². The highest BCUT2D eigenvalue weighted by Crippen LogP contribution is 2.29. The summed E-state index contributed by atoms with van der Waals surface area (Å²) in [5, 5.41) is 20.0. The molecule has 4 aromatic rings. The zero-order chi connectivity index (χ0) is 35.8. The first-order valence-electron chi connectivity index (χ1n) is 17.1. The summed E-state index contributed by atoms with van der Waals surface area (Å²) >= 11 is 0. The quantitative estimate of drug-likeness (QED) is 0.0705. The first kappa shape index (κ1) is 39.1. The summed E-state index contributed by atoms with van der Waals surface area (Å²) in [6.45, 7) is 4.25. The summed E-state index contributed by atoms with van der Waals surface area (Å²) in [5.74, 6) is 1.57. The molecule has 0 heterocycles. The molecular weight excluding hydrogens is 651 g/mol. The second-order valence-electron chi connectivity index (χ2n) is 13.3. The molecule has 0 saturated heterocycles. The monoisotopic (exact) mass is 703 g/mol. The van der Waals surface area contributed by atoms with Crippen molar-refractivity contribution in [1.82, 2.24) is 0 Å². The Bertz CT molecular complexity index is 1470. The summed E-state index contributed by atoms with van der Waals surface area (Å²) in [6.07, 6.45) is 3.61. The Hall–Kier alpha value is -3.66. The molecule has 268 valence electrons. The predicted molar refractivity (Wildman–Crippen MR) is 198 cm³/mol. The molecule has 6 N–H and O–H groups in total. The van der Waals surface area contributed by atoms with Crippen LogP contribution in [-0.2, 0) is 39.3 Å². The lowest BCUT2D eigenvalue weighted by molar-refractivity contribution is 0.0951. The van der Waals surface area contributed by atoms with E-state index in [2.05, 4.69) is 62.4 Å². The fourth-order valence-corrected chi connectivity index (χ4v) is 5.97. The van der Waals surface area contributed by atoms with Gasteiger partial charge in [0.1, 0.15) is 24.7 Å². The normalized spacial score (nSPS) is 13.7. The number of hydrogen-bond acceptors (Lipinski definition) is 9. The molecule has 0 aliphatic carbocycles. The predicted octanol–water partition coefficient (Wildman–Crippen LogP) is 6.18. The van der Waals surface area contributed by atoms with Gasteiger partial charge < -0.3 is 31.2 Å². The maximum Gasteiger partial charge on any atom is 0.697 e. The van der Waals surface area contributed by atoms with E-state index in [-0.39, 0.29) is 26.4 Å². The van der Waals surface area contributed by atoms with Gasteiger partial charge in [0.25, 0.3) is 0 Å². The molecule has 0 saturated carbocycles. The van der Waals surface area contributed by atoms with Crippen LogP contribution in [0.15, 0.2) is 97.1 Å².